The molecule has 0 aromatic carbocycles. The van der Waals surface area contributed by atoms with E-state index in [0.717, 1.165) is 35.3 Å². The molecular weight excluding hydrogens is 516 g/mol. The third-order valence-corrected chi connectivity index (χ3v) is 6.42. The molecule has 3 nitrogen and oxygen atoms in total. The van der Waals surface area contributed by atoms with Crippen molar-refractivity contribution in [2.24, 2.45) is 0 Å². The predicted octanol–water partition coefficient (Wildman–Crippen LogP) is 0.665. The molecule has 0 heterocycles. The summed E-state index contributed by atoms with van der Waals surface area (Å²) in [6.07, 6.45) is 19.6. The molecule has 192 valence electrons. The topological polar surface area (TPSA) is 9.23 Å². The van der Waals surface area contributed by atoms with Crippen LogP contribution in [0.5, 0.6) is 0 Å². The first kappa shape index (κ1) is 36.4. The molecule has 0 unspecified atom stereocenters. The second-order valence-corrected chi connectivity index (χ2v) is 10.6. The molecule has 0 amide bonds. The highest BCUT2D eigenvalue weighted by Crippen LogP contribution is 2.10. The zero-order chi connectivity index (χ0) is 21.8. The summed E-state index contributed by atoms with van der Waals surface area (Å²) in [4.78, 5) is 0. The third-order valence-electron chi connectivity index (χ3n) is 6.42. The Morgan fingerprint density at radius 1 is 0.419 bits per heavy atom. The molecule has 0 radical (unpaired) electrons. The van der Waals surface area contributed by atoms with Crippen LogP contribution in [-0.2, 0) is 4.74 Å². The second kappa shape index (κ2) is 24.0. The quantitative estimate of drug-likeness (QED) is 0.137. The van der Waals surface area contributed by atoms with Crippen LogP contribution in [0.3, 0.4) is 0 Å². The van der Waals surface area contributed by atoms with Gasteiger partial charge in [-0.15, -0.1) is 0 Å². The van der Waals surface area contributed by atoms with Crippen LogP contribution >= 0.6 is 0 Å². The lowest BCUT2D eigenvalue weighted by atomic mass is 10.1. The molecule has 0 aromatic heterocycles. The van der Waals surface area contributed by atoms with Crippen molar-refractivity contribution in [2.45, 2.75) is 104 Å². The van der Waals surface area contributed by atoms with Crippen LogP contribution in [-0.4, -0.2) is 76.5 Å². The van der Waals surface area contributed by atoms with Crippen LogP contribution in [0.4, 0.5) is 0 Å². The molecule has 0 saturated carbocycles. The van der Waals surface area contributed by atoms with E-state index >= 15 is 0 Å². The van der Waals surface area contributed by atoms with Gasteiger partial charge in [0.05, 0.1) is 54.5 Å². The standard InChI is InChI=1S/C26H58N2O.2BrH/c1-7-9-11-13-15-17-19-21-27(3,4)23-25-29-26-24-28(5,6)22-20-18-16-14-12-10-8-2;;/h7-26H2,1-6H3;2*1H/q+2;;/p-2. The van der Waals surface area contributed by atoms with Crippen LogP contribution in [0.1, 0.15) is 104 Å². The van der Waals surface area contributed by atoms with Gasteiger partial charge in [0.2, 0.25) is 0 Å². The number of rotatable bonds is 22. The van der Waals surface area contributed by atoms with Crippen molar-refractivity contribution in [2.75, 3.05) is 67.6 Å². The van der Waals surface area contributed by atoms with Crippen LogP contribution in [0.15, 0.2) is 0 Å². The Kier molecular flexibility index (Phi) is 28.2. The summed E-state index contributed by atoms with van der Waals surface area (Å²) < 4.78 is 8.22. The molecule has 0 atom stereocenters. The van der Waals surface area contributed by atoms with Gasteiger partial charge in [0.15, 0.2) is 0 Å². The van der Waals surface area contributed by atoms with Crippen molar-refractivity contribution in [1.82, 2.24) is 0 Å². The monoisotopic (exact) mass is 572 g/mol. The van der Waals surface area contributed by atoms with E-state index in [1.54, 1.807) is 0 Å². The van der Waals surface area contributed by atoms with Crippen LogP contribution in [0.25, 0.3) is 0 Å². The van der Waals surface area contributed by atoms with E-state index in [1.165, 1.54) is 103 Å². The molecular formula is C26H58Br2N2O. The number of hydrogen-bond donors (Lipinski definition) is 0. The molecule has 0 rings (SSSR count). The minimum absolute atomic E-state index is 0. The Balaban J connectivity index is -0.00000392. The minimum Gasteiger partial charge on any atom is -1.00 e. The minimum atomic E-state index is 0. The lowest BCUT2D eigenvalue weighted by Gasteiger charge is -2.31. The van der Waals surface area contributed by atoms with E-state index in [4.69, 9.17) is 4.74 Å². The maximum Gasteiger partial charge on any atom is 0.102 e. The van der Waals surface area contributed by atoms with Gasteiger partial charge in [-0.2, -0.15) is 0 Å². The smallest absolute Gasteiger partial charge is 0.102 e. The summed E-state index contributed by atoms with van der Waals surface area (Å²) in [5.74, 6) is 0. The lowest BCUT2D eigenvalue weighted by Crippen LogP contribution is -3.00. The van der Waals surface area contributed by atoms with Crippen LogP contribution < -0.4 is 34.0 Å². The first-order valence-corrected chi connectivity index (χ1v) is 13.0. The summed E-state index contributed by atoms with van der Waals surface area (Å²) in [6.45, 7) is 11.2. The van der Waals surface area contributed by atoms with Gasteiger partial charge in [0.1, 0.15) is 13.1 Å². The molecule has 0 spiro atoms. The molecule has 0 fully saturated rings. The van der Waals surface area contributed by atoms with Crippen LogP contribution in [0, 0.1) is 0 Å². The SMILES string of the molecule is CCCCCCCCC[N+](C)(C)CCOCC[N+](C)(C)CCCCCCCCC.[Br-].[Br-]. The van der Waals surface area contributed by atoms with Crippen LogP contribution in [0.2, 0.25) is 0 Å². The van der Waals surface area contributed by atoms with Crippen molar-refractivity contribution in [3.63, 3.8) is 0 Å². The average Bonchev–Trinajstić information content (AvgIpc) is 2.66. The highest BCUT2D eigenvalue weighted by Gasteiger charge is 2.16. The Morgan fingerprint density at radius 3 is 1.03 bits per heavy atom. The predicted molar refractivity (Wildman–Crippen MR) is 130 cm³/mol. The number of ether oxygens (including phenoxy) is 1. The second-order valence-electron chi connectivity index (χ2n) is 10.6. The van der Waals surface area contributed by atoms with Crippen molar-refractivity contribution in [1.29, 1.82) is 0 Å². The molecule has 0 aromatic rings. The summed E-state index contributed by atoms with van der Waals surface area (Å²) in [6, 6.07) is 0. The van der Waals surface area contributed by atoms with Gasteiger partial charge in [-0.1, -0.05) is 78.1 Å². The Morgan fingerprint density at radius 2 is 0.710 bits per heavy atom. The number of nitrogens with zero attached hydrogens (tertiary/aromatic N) is 2. The number of quaternary nitrogens is 2. The van der Waals surface area contributed by atoms with E-state index < -0.39 is 0 Å². The third kappa shape index (κ3) is 27.0. The van der Waals surface area contributed by atoms with E-state index in [9.17, 15) is 0 Å². The maximum absolute atomic E-state index is 6.02. The Labute approximate surface area is 218 Å². The summed E-state index contributed by atoms with van der Waals surface area (Å²) in [5.41, 5.74) is 0. The van der Waals surface area contributed by atoms with Gasteiger partial charge >= 0.3 is 0 Å². The molecule has 0 aliphatic rings. The molecule has 31 heavy (non-hydrogen) atoms. The highest BCUT2D eigenvalue weighted by atomic mass is 79.9. The lowest BCUT2D eigenvalue weighted by molar-refractivity contribution is -0.894. The van der Waals surface area contributed by atoms with E-state index in [-0.39, 0.29) is 34.0 Å². The molecule has 0 aliphatic carbocycles. The number of hydrogen-bond acceptors (Lipinski definition) is 1. The molecule has 0 aliphatic heterocycles. The fraction of sp³-hybridized carbons (Fsp3) is 1.00. The molecule has 0 N–H and O–H groups in total. The molecule has 0 saturated heterocycles. The van der Waals surface area contributed by atoms with Gasteiger partial charge < -0.3 is 47.7 Å². The fourth-order valence-corrected chi connectivity index (χ4v) is 3.94. The zero-order valence-corrected chi connectivity index (χ0v) is 25.4. The molecule has 0 bridgehead atoms. The van der Waals surface area contributed by atoms with Gasteiger partial charge in [-0.3, -0.25) is 0 Å². The normalized spacial score (nSPS) is 11.8. The van der Waals surface area contributed by atoms with Gasteiger partial charge in [-0.05, 0) is 25.7 Å². The highest BCUT2D eigenvalue weighted by molar-refractivity contribution is 4.47. The van der Waals surface area contributed by atoms with E-state index in [1.807, 2.05) is 0 Å². The van der Waals surface area contributed by atoms with Gasteiger partial charge in [-0.25, -0.2) is 0 Å². The summed E-state index contributed by atoms with van der Waals surface area (Å²) >= 11 is 0. The first-order chi connectivity index (χ1) is 13.8. The first-order valence-electron chi connectivity index (χ1n) is 13.0. The maximum atomic E-state index is 6.02. The number of halogens is 2. The molecule has 5 heteroatoms. The van der Waals surface area contributed by atoms with E-state index in [2.05, 4.69) is 42.0 Å². The van der Waals surface area contributed by atoms with Crippen molar-refractivity contribution in [3.05, 3.63) is 0 Å². The van der Waals surface area contributed by atoms with Gasteiger partial charge in [0, 0.05) is 0 Å². The zero-order valence-electron chi connectivity index (χ0n) is 22.2. The number of likely N-dealkylation sites (N-methyl/N-ethyl adjacent to an activating group) is 2. The largest absolute Gasteiger partial charge is 1.00 e. The Bertz CT molecular complexity index is 320. The number of unbranched alkanes of at least 4 members (excludes halogenated alkanes) is 12. The van der Waals surface area contributed by atoms with Crippen molar-refractivity contribution >= 4 is 0 Å². The van der Waals surface area contributed by atoms with Crippen molar-refractivity contribution in [3.8, 4) is 0 Å². The van der Waals surface area contributed by atoms with Crippen molar-refractivity contribution < 1.29 is 47.7 Å². The van der Waals surface area contributed by atoms with Gasteiger partial charge in [0.25, 0.3) is 0 Å². The fourth-order valence-electron chi connectivity index (χ4n) is 3.94. The summed E-state index contributed by atoms with van der Waals surface area (Å²) in [5, 5.41) is 0. The summed E-state index contributed by atoms with van der Waals surface area (Å²) in [7, 11) is 9.45. The van der Waals surface area contributed by atoms with E-state index in [0.29, 0.717) is 0 Å². The average molecular weight is 575 g/mol. The Hall–Kier alpha value is 0.840.